The van der Waals surface area contributed by atoms with Crippen molar-refractivity contribution in [1.29, 1.82) is 0 Å². The average molecular weight is 353 g/mol. The molecule has 1 heterocycles. The number of rotatable bonds is 6. The highest BCUT2D eigenvalue weighted by molar-refractivity contribution is 9.10. The van der Waals surface area contributed by atoms with Gasteiger partial charge in [0.25, 0.3) is 0 Å². The van der Waals surface area contributed by atoms with Gasteiger partial charge in [-0.05, 0) is 31.8 Å². The van der Waals surface area contributed by atoms with Gasteiger partial charge in [-0.1, -0.05) is 28.1 Å². The molecule has 0 amide bonds. The summed E-state index contributed by atoms with van der Waals surface area (Å²) in [7, 11) is 5.72. The molecule has 0 bridgehead atoms. The number of nitrogens with two attached hydrogens (primary N) is 1. The monoisotopic (exact) mass is 352 g/mol. The first-order valence-electron chi connectivity index (χ1n) is 6.78. The topological polar surface area (TPSA) is 56.3 Å². The van der Waals surface area contributed by atoms with Gasteiger partial charge in [0.15, 0.2) is 5.75 Å². The highest BCUT2D eigenvalue weighted by atomic mass is 79.9. The van der Waals surface area contributed by atoms with Gasteiger partial charge < -0.3 is 15.4 Å². The van der Waals surface area contributed by atoms with Crippen LogP contribution in [0.15, 0.2) is 34.9 Å². The Bertz CT molecular complexity index is 597. The van der Waals surface area contributed by atoms with Crippen LogP contribution in [0.5, 0.6) is 5.75 Å². The van der Waals surface area contributed by atoms with Crippen LogP contribution < -0.4 is 10.5 Å². The number of nitrogens with zero attached hydrogens (tertiary/aromatic N) is 3. The Morgan fingerprint density at radius 3 is 2.81 bits per heavy atom. The van der Waals surface area contributed by atoms with E-state index in [1.807, 2.05) is 43.0 Å². The van der Waals surface area contributed by atoms with Crippen LogP contribution in [0.3, 0.4) is 0 Å². The molecule has 0 aliphatic carbocycles. The number of ether oxygens (including phenoxy) is 1. The lowest BCUT2D eigenvalue weighted by Crippen LogP contribution is -2.23. The third kappa shape index (κ3) is 3.84. The Morgan fingerprint density at radius 2 is 2.19 bits per heavy atom. The van der Waals surface area contributed by atoms with Crippen molar-refractivity contribution in [3.63, 3.8) is 0 Å². The van der Waals surface area contributed by atoms with E-state index in [0.29, 0.717) is 0 Å². The Hall–Kier alpha value is -1.37. The largest absolute Gasteiger partial charge is 0.493 e. The summed E-state index contributed by atoms with van der Waals surface area (Å²) >= 11 is 3.48. The first kappa shape index (κ1) is 16.0. The number of hydrogen-bond donors (Lipinski definition) is 1. The molecule has 0 radical (unpaired) electrons. The second kappa shape index (κ2) is 7.06. The molecule has 5 nitrogen and oxygen atoms in total. The minimum atomic E-state index is -0.276. The number of aromatic nitrogens is 2. The highest BCUT2D eigenvalue weighted by Crippen LogP contribution is 2.29. The Balaban J connectivity index is 2.34. The molecule has 114 valence electrons. The van der Waals surface area contributed by atoms with Crippen LogP contribution in [0, 0.1) is 0 Å². The molecule has 1 aromatic heterocycles. The molecule has 0 saturated heterocycles. The molecule has 0 spiro atoms. The summed E-state index contributed by atoms with van der Waals surface area (Å²) < 4.78 is 8.35. The van der Waals surface area contributed by atoms with Crippen molar-refractivity contribution in [3.05, 3.63) is 46.2 Å². The fraction of sp³-hybridized carbons (Fsp3) is 0.400. The number of halogens is 1. The predicted molar refractivity (Wildman–Crippen MR) is 87.5 cm³/mol. The van der Waals surface area contributed by atoms with Crippen molar-refractivity contribution < 1.29 is 4.74 Å². The predicted octanol–water partition coefficient (Wildman–Crippen LogP) is 2.26. The van der Waals surface area contributed by atoms with Crippen molar-refractivity contribution in [2.24, 2.45) is 5.73 Å². The first-order valence-corrected chi connectivity index (χ1v) is 7.57. The van der Waals surface area contributed by atoms with Crippen LogP contribution in [-0.2, 0) is 6.54 Å². The second-order valence-electron chi connectivity index (χ2n) is 5.16. The van der Waals surface area contributed by atoms with Crippen molar-refractivity contribution in [2.45, 2.75) is 12.6 Å². The molecule has 0 aliphatic heterocycles. The minimum Gasteiger partial charge on any atom is -0.493 e. The molecule has 0 saturated carbocycles. The van der Waals surface area contributed by atoms with Gasteiger partial charge in [0, 0.05) is 11.0 Å². The molecule has 6 heteroatoms. The number of methoxy groups -OCH3 is 1. The summed E-state index contributed by atoms with van der Waals surface area (Å²) in [4.78, 5) is 2.11. The fourth-order valence-electron chi connectivity index (χ4n) is 2.18. The molecule has 1 atom stereocenters. The van der Waals surface area contributed by atoms with Crippen molar-refractivity contribution in [3.8, 4) is 5.75 Å². The zero-order valence-electron chi connectivity index (χ0n) is 12.6. The Morgan fingerprint density at radius 1 is 1.43 bits per heavy atom. The normalized spacial score (nSPS) is 12.7. The highest BCUT2D eigenvalue weighted by Gasteiger charge is 2.20. The van der Waals surface area contributed by atoms with Gasteiger partial charge in [0.2, 0.25) is 0 Å². The summed E-state index contributed by atoms with van der Waals surface area (Å²) in [6.45, 7) is 1.66. The van der Waals surface area contributed by atoms with Crippen LogP contribution in [0.2, 0.25) is 0 Å². The van der Waals surface area contributed by atoms with E-state index in [0.717, 1.165) is 34.6 Å². The van der Waals surface area contributed by atoms with Crippen LogP contribution in [0.25, 0.3) is 0 Å². The summed E-state index contributed by atoms with van der Waals surface area (Å²) in [6.07, 6.45) is 1.73. The number of likely N-dealkylation sites (N-methyl/N-ethyl adjacent to an activating group) is 1. The lowest BCUT2D eigenvalue weighted by atomic mass is 10.0. The lowest BCUT2D eigenvalue weighted by Gasteiger charge is -2.18. The van der Waals surface area contributed by atoms with E-state index in [1.165, 1.54) is 0 Å². The van der Waals surface area contributed by atoms with Crippen molar-refractivity contribution >= 4 is 15.9 Å². The Labute approximate surface area is 133 Å². The quantitative estimate of drug-likeness (QED) is 0.866. The molecule has 2 aromatic rings. The molecule has 1 aromatic carbocycles. The van der Waals surface area contributed by atoms with E-state index in [-0.39, 0.29) is 6.04 Å². The molecule has 2 N–H and O–H groups in total. The molecule has 2 rings (SSSR count). The smallest absolute Gasteiger partial charge is 0.161 e. The van der Waals surface area contributed by atoms with Gasteiger partial charge in [0.05, 0.1) is 25.9 Å². The Kier molecular flexibility index (Phi) is 5.39. The minimum absolute atomic E-state index is 0.276. The van der Waals surface area contributed by atoms with Gasteiger partial charge >= 0.3 is 0 Å². The average Bonchev–Trinajstić information content (AvgIpc) is 2.87. The van der Waals surface area contributed by atoms with Crippen molar-refractivity contribution in [1.82, 2.24) is 14.7 Å². The third-order valence-electron chi connectivity index (χ3n) is 3.33. The number of benzene rings is 1. The zero-order chi connectivity index (χ0) is 15.4. The van der Waals surface area contributed by atoms with E-state index >= 15 is 0 Å². The summed E-state index contributed by atoms with van der Waals surface area (Å²) in [5, 5.41) is 4.40. The third-order valence-corrected chi connectivity index (χ3v) is 3.82. The van der Waals surface area contributed by atoms with Crippen LogP contribution in [-0.4, -0.2) is 42.4 Å². The number of hydrogen-bond acceptors (Lipinski definition) is 4. The van der Waals surface area contributed by atoms with E-state index in [9.17, 15) is 0 Å². The van der Waals surface area contributed by atoms with Crippen LogP contribution in [0.4, 0.5) is 0 Å². The molecule has 21 heavy (non-hydrogen) atoms. The van der Waals surface area contributed by atoms with Gasteiger partial charge in [-0.3, -0.25) is 4.68 Å². The van der Waals surface area contributed by atoms with Gasteiger partial charge in [-0.2, -0.15) is 5.10 Å². The van der Waals surface area contributed by atoms with Gasteiger partial charge in [-0.15, -0.1) is 0 Å². The molecule has 0 fully saturated rings. The van der Waals surface area contributed by atoms with E-state index in [2.05, 4.69) is 25.9 Å². The van der Waals surface area contributed by atoms with E-state index in [1.54, 1.807) is 13.3 Å². The van der Waals surface area contributed by atoms with Gasteiger partial charge in [0.1, 0.15) is 5.69 Å². The van der Waals surface area contributed by atoms with Crippen LogP contribution >= 0.6 is 15.9 Å². The molecular formula is C15H21BrN4O. The van der Waals surface area contributed by atoms with E-state index in [4.69, 9.17) is 10.5 Å². The maximum atomic E-state index is 6.44. The van der Waals surface area contributed by atoms with Gasteiger partial charge in [-0.25, -0.2) is 0 Å². The standard InChI is InChI=1S/C15H21BrN4O/c1-19(2)7-8-20-15(13(21-3)10-18-20)14(17)11-5-4-6-12(16)9-11/h4-6,9-10,14H,7-8,17H2,1-3H3. The summed E-state index contributed by atoms with van der Waals surface area (Å²) in [5.41, 5.74) is 8.36. The molecule has 0 aliphatic rings. The second-order valence-corrected chi connectivity index (χ2v) is 6.07. The maximum Gasteiger partial charge on any atom is 0.161 e. The first-order chi connectivity index (χ1) is 10.0. The summed E-state index contributed by atoms with van der Waals surface area (Å²) in [5.74, 6) is 0.723. The maximum absolute atomic E-state index is 6.44. The lowest BCUT2D eigenvalue weighted by molar-refractivity contribution is 0.363. The zero-order valence-corrected chi connectivity index (χ0v) is 14.2. The molecular weight excluding hydrogens is 332 g/mol. The van der Waals surface area contributed by atoms with Crippen LogP contribution in [0.1, 0.15) is 17.3 Å². The fourth-order valence-corrected chi connectivity index (χ4v) is 2.60. The summed E-state index contributed by atoms with van der Waals surface area (Å²) in [6, 6.07) is 7.72. The SMILES string of the molecule is COc1cnn(CCN(C)C)c1C(N)c1cccc(Br)c1. The van der Waals surface area contributed by atoms with E-state index < -0.39 is 0 Å². The molecule has 1 unspecified atom stereocenters. The van der Waals surface area contributed by atoms with Crippen molar-refractivity contribution in [2.75, 3.05) is 27.7 Å².